The number of hydrogen-bond acceptors (Lipinski definition) is 3. The smallest absolute Gasteiger partial charge is 0.423 e. The van der Waals surface area contributed by atoms with E-state index in [2.05, 4.69) is 0 Å². The Balaban J connectivity index is 3.91. The van der Waals surface area contributed by atoms with Gasteiger partial charge in [0.25, 0.3) is 5.69 Å². The molecule has 1 N–H and O–H groups in total. The van der Waals surface area contributed by atoms with Crippen molar-refractivity contribution in [2.75, 3.05) is 0 Å². The van der Waals surface area contributed by atoms with E-state index in [1.54, 1.807) is 0 Å². The number of rotatable bonds is 2. The van der Waals surface area contributed by atoms with Gasteiger partial charge >= 0.3 is 18.3 Å². The van der Waals surface area contributed by atoms with Crippen molar-refractivity contribution < 1.29 is 41.2 Å². The second-order valence-corrected chi connectivity index (χ2v) is 3.44. The monoisotopic (exact) mass is 303 g/mol. The summed E-state index contributed by atoms with van der Waals surface area (Å²) in [7, 11) is 0. The van der Waals surface area contributed by atoms with E-state index >= 15 is 0 Å². The minimum atomic E-state index is -5.63. The summed E-state index contributed by atoms with van der Waals surface area (Å²) in [6.45, 7) is 0. The predicted octanol–water partition coefficient (Wildman–Crippen LogP) is 3.33. The first-order valence-electron chi connectivity index (χ1n) is 4.56. The number of aromatic carboxylic acids is 1. The van der Waals surface area contributed by atoms with Crippen LogP contribution in [-0.4, -0.2) is 16.0 Å². The summed E-state index contributed by atoms with van der Waals surface area (Å²) in [5.74, 6) is -2.23. The predicted molar refractivity (Wildman–Crippen MR) is 50.1 cm³/mol. The van der Waals surface area contributed by atoms with Gasteiger partial charge in [-0.15, -0.1) is 0 Å². The zero-order valence-electron chi connectivity index (χ0n) is 9.04. The topological polar surface area (TPSA) is 80.4 Å². The number of nitro benzene ring substituents is 1. The zero-order valence-corrected chi connectivity index (χ0v) is 9.04. The quantitative estimate of drug-likeness (QED) is 0.516. The highest BCUT2D eigenvalue weighted by atomic mass is 19.4. The number of benzene rings is 1. The van der Waals surface area contributed by atoms with Gasteiger partial charge in [-0.2, -0.15) is 26.3 Å². The van der Waals surface area contributed by atoms with Gasteiger partial charge < -0.3 is 5.11 Å². The molecule has 0 spiro atoms. The Hall–Kier alpha value is -2.33. The van der Waals surface area contributed by atoms with Gasteiger partial charge in [-0.1, -0.05) is 0 Å². The average Bonchev–Trinajstić information content (AvgIpc) is 2.24. The highest BCUT2D eigenvalue weighted by molar-refractivity contribution is 5.91. The van der Waals surface area contributed by atoms with E-state index in [0.717, 1.165) is 0 Å². The number of nitro groups is 1. The lowest BCUT2D eigenvalue weighted by Gasteiger charge is -2.14. The molecule has 5 nitrogen and oxygen atoms in total. The number of alkyl halides is 6. The van der Waals surface area contributed by atoms with E-state index < -0.39 is 45.6 Å². The summed E-state index contributed by atoms with van der Waals surface area (Å²) >= 11 is 0. The molecule has 0 unspecified atom stereocenters. The van der Waals surface area contributed by atoms with E-state index in [1.165, 1.54) is 0 Å². The van der Waals surface area contributed by atoms with Crippen LogP contribution in [0.2, 0.25) is 0 Å². The van der Waals surface area contributed by atoms with Crippen LogP contribution in [0.5, 0.6) is 0 Å². The van der Waals surface area contributed by atoms with Crippen LogP contribution in [0.15, 0.2) is 12.1 Å². The lowest BCUT2D eigenvalue weighted by atomic mass is 10.00. The third kappa shape index (κ3) is 2.81. The Morgan fingerprint density at radius 3 is 1.90 bits per heavy atom. The third-order valence-electron chi connectivity index (χ3n) is 2.18. The molecule has 1 aromatic rings. The molecule has 0 saturated heterocycles. The van der Waals surface area contributed by atoms with Crippen LogP contribution in [0.1, 0.15) is 21.5 Å². The second-order valence-electron chi connectivity index (χ2n) is 3.44. The molecule has 0 atom stereocenters. The van der Waals surface area contributed by atoms with Crippen molar-refractivity contribution in [2.45, 2.75) is 12.4 Å². The van der Waals surface area contributed by atoms with E-state index in [0.29, 0.717) is 0 Å². The maximum absolute atomic E-state index is 12.7. The fraction of sp³-hybridized carbons (Fsp3) is 0.222. The van der Waals surface area contributed by atoms with Crippen LogP contribution < -0.4 is 0 Å². The Labute approximate surface area is 105 Å². The van der Waals surface area contributed by atoms with Crippen molar-refractivity contribution in [3.63, 3.8) is 0 Å². The minimum absolute atomic E-state index is 0.0287. The number of carbonyl (C=O) groups is 1. The maximum atomic E-state index is 12.7. The van der Waals surface area contributed by atoms with Gasteiger partial charge in [0.15, 0.2) is 0 Å². The van der Waals surface area contributed by atoms with Crippen LogP contribution >= 0.6 is 0 Å². The van der Waals surface area contributed by atoms with Crippen LogP contribution in [0, 0.1) is 10.1 Å². The highest BCUT2D eigenvalue weighted by Gasteiger charge is 2.49. The van der Waals surface area contributed by atoms with Crippen LogP contribution in [0.4, 0.5) is 32.0 Å². The first-order chi connectivity index (χ1) is 8.87. The van der Waals surface area contributed by atoms with Gasteiger partial charge in [-0.25, -0.2) is 4.79 Å². The molecule has 11 heteroatoms. The lowest BCUT2D eigenvalue weighted by Crippen LogP contribution is -2.19. The first kappa shape index (κ1) is 15.7. The van der Waals surface area contributed by atoms with Gasteiger partial charge in [0, 0.05) is 0 Å². The van der Waals surface area contributed by atoms with Crippen LogP contribution in [-0.2, 0) is 12.4 Å². The summed E-state index contributed by atoms with van der Waals surface area (Å²) in [4.78, 5) is 19.2. The molecule has 0 aliphatic carbocycles. The summed E-state index contributed by atoms with van der Waals surface area (Å²) in [6.07, 6.45) is -11.1. The molecule has 0 fully saturated rings. The Morgan fingerprint density at radius 1 is 1.10 bits per heavy atom. The average molecular weight is 303 g/mol. The summed E-state index contributed by atoms with van der Waals surface area (Å²) in [6, 6.07) is -0.0438. The summed E-state index contributed by atoms with van der Waals surface area (Å²) < 4.78 is 75.5. The fourth-order valence-electron chi connectivity index (χ4n) is 1.47. The lowest BCUT2D eigenvalue weighted by molar-refractivity contribution is -0.391. The molecular formula is C9H3F6NO4. The first-order valence-corrected chi connectivity index (χ1v) is 4.56. The summed E-state index contributed by atoms with van der Waals surface area (Å²) in [5.41, 5.74) is -8.56. The molecule has 0 radical (unpaired) electrons. The van der Waals surface area contributed by atoms with Crippen LogP contribution in [0.3, 0.4) is 0 Å². The molecular weight excluding hydrogens is 300 g/mol. The van der Waals surface area contributed by atoms with Gasteiger partial charge in [-0.3, -0.25) is 10.1 Å². The molecule has 0 aromatic heterocycles. The van der Waals surface area contributed by atoms with Gasteiger partial charge in [-0.05, 0) is 12.1 Å². The van der Waals surface area contributed by atoms with Crippen molar-refractivity contribution in [1.82, 2.24) is 0 Å². The Kier molecular flexibility index (Phi) is 3.66. The molecule has 0 amide bonds. The fourth-order valence-corrected chi connectivity index (χ4v) is 1.47. The number of halogens is 6. The van der Waals surface area contributed by atoms with Crippen molar-refractivity contribution in [2.24, 2.45) is 0 Å². The molecule has 20 heavy (non-hydrogen) atoms. The Morgan fingerprint density at radius 2 is 1.60 bits per heavy atom. The van der Waals surface area contributed by atoms with Crippen molar-refractivity contribution in [3.05, 3.63) is 38.9 Å². The zero-order chi connectivity index (χ0) is 15.9. The largest absolute Gasteiger partial charge is 0.478 e. The Bertz CT molecular complexity index is 577. The molecule has 1 aromatic carbocycles. The van der Waals surface area contributed by atoms with Crippen molar-refractivity contribution >= 4 is 11.7 Å². The molecule has 1 rings (SSSR count). The number of carboxylic acid groups (broad SMARTS) is 1. The number of nitrogens with zero attached hydrogens (tertiary/aromatic N) is 1. The van der Waals surface area contributed by atoms with Gasteiger partial charge in [0.1, 0.15) is 11.1 Å². The highest BCUT2D eigenvalue weighted by Crippen LogP contribution is 2.45. The van der Waals surface area contributed by atoms with Gasteiger partial charge in [0.2, 0.25) is 0 Å². The second kappa shape index (κ2) is 4.65. The van der Waals surface area contributed by atoms with Gasteiger partial charge in [0.05, 0.1) is 10.5 Å². The molecule has 0 heterocycles. The van der Waals surface area contributed by atoms with E-state index in [9.17, 15) is 41.3 Å². The van der Waals surface area contributed by atoms with Crippen molar-refractivity contribution in [1.29, 1.82) is 0 Å². The standard InChI is InChI=1S/C9H3F6NO4/c10-8(11,12)4-2-1-3(7(17)18)5(9(13,14)15)6(4)16(19)20/h1-2H,(H,17,18). The maximum Gasteiger partial charge on any atom is 0.423 e. The minimum Gasteiger partial charge on any atom is -0.478 e. The molecule has 0 aliphatic rings. The summed E-state index contributed by atoms with van der Waals surface area (Å²) in [5, 5.41) is 19.0. The van der Waals surface area contributed by atoms with E-state index in [-0.39, 0.29) is 12.1 Å². The van der Waals surface area contributed by atoms with Crippen LogP contribution in [0.25, 0.3) is 0 Å². The van der Waals surface area contributed by atoms with E-state index in [1.807, 2.05) is 0 Å². The molecule has 0 aliphatic heterocycles. The molecule has 0 saturated carbocycles. The number of carboxylic acids is 1. The van der Waals surface area contributed by atoms with Crippen molar-refractivity contribution in [3.8, 4) is 0 Å². The SMILES string of the molecule is O=C(O)c1ccc(C(F)(F)F)c([N+](=O)[O-])c1C(F)(F)F. The number of hydrogen-bond donors (Lipinski definition) is 1. The van der Waals surface area contributed by atoms with E-state index in [4.69, 9.17) is 5.11 Å². The molecule has 0 bridgehead atoms. The normalized spacial score (nSPS) is 12.3. The molecule has 110 valence electrons. The third-order valence-corrected chi connectivity index (χ3v) is 2.18.